The third kappa shape index (κ3) is 2.26. The molecule has 1 heterocycles. The summed E-state index contributed by atoms with van der Waals surface area (Å²) in [5.41, 5.74) is 3.68. The minimum atomic E-state index is 1.13. The van der Waals surface area contributed by atoms with Gasteiger partial charge in [0.1, 0.15) is 0 Å². The van der Waals surface area contributed by atoms with Crippen LogP contribution in [0.3, 0.4) is 0 Å². The molecule has 0 spiro atoms. The van der Waals surface area contributed by atoms with Crippen LogP contribution in [-0.4, -0.2) is 4.57 Å². The van der Waals surface area contributed by atoms with E-state index in [0.717, 1.165) is 5.57 Å². The summed E-state index contributed by atoms with van der Waals surface area (Å²) in [5, 5.41) is 0. The molecule has 0 saturated carbocycles. The van der Waals surface area contributed by atoms with Gasteiger partial charge in [0.05, 0.1) is 0 Å². The smallest absolute Gasteiger partial charge is 0.0457 e. The number of aryl methyl sites for hydroxylation is 2. The molecule has 12 heavy (non-hydrogen) atoms. The number of hydrogen-bond donors (Lipinski definition) is 0. The summed E-state index contributed by atoms with van der Waals surface area (Å²) in [4.78, 5) is 0. The summed E-state index contributed by atoms with van der Waals surface area (Å²) in [5.74, 6) is 0. The lowest BCUT2D eigenvalue weighted by molar-refractivity contribution is 0.904. The molecule has 0 amide bonds. The van der Waals surface area contributed by atoms with Crippen LogP contribution in [0, 0.1) is 6.92 Å². The highest BCUT2D eigenvalue weighted by Gasteiger charge is 2.01. The van der Waals surface area contributed by atoms with Gasteiger partial charge in [-0.2, -0.15) is 0 Å². The first-order chi connectivity index (χ1) is 5.63. The average Bonchev–Trinajstić information content (AvgIpc) is 2.35. The molecule has 1 aromatic heterocycles. The first-order valence-corrected chi connectivity index (χ1v) is 4.40. The van der Waals surface area contributed by atoms with Crippen LogP contribution < -0.4 is 0 Å². The molecule has 0 saturated heterocycles. The van der Waals surface area contributed by atoms with Gasteiger partial charge in [0, 0.05) is 18.9 Å². The second-order valence-corrected chi connectivity index (χ2v) is 2.74. The normalized spacial score (nSPS) is 8.75. The van der Waals surface area contributed by atoms with Crippen molar-refractivity contribution in [2.45, 2.75) is 27.7 Å². The van der Waals surface area contributed by atoms with Gasteiger partial charge in [-0.3, -0.25) is 0 Å². The number of aromatic nitrogens is 1. The minimum absolute atomic E-state index is 1.13. The second kappa shape index (κ2) is 4.81. The maximum atomic E-state index is 3.90. The number of hydrogen-bond acceptors (Lipinski definition) is 0. The third-order valence-electron chi connectivity index (χ3n) is 1.68. The highest BCUT2D eigenvalue weighted by Crippen LogP contribution is 2.16. The van der Waals surface area contributed by atoms with E-state index < -0.39 is 0 Å². The largest absolute Gasteiger partial charge is 0.351 e. The van der Waals surface area contributed by atoms with Gasteiger partial charge in [-0.15, -0.1) is 0 Å². The van der Waals surface area contributed by atoms with E-state index in [1.807, 2.05) is 27.8 Å². The molecule has 0 aliphatic heterocycles. The molecule has 0 aromatic carbocycles. The zero-order valence-corrected chi connectivity index (χ0v) is 8.81. The van der Waals surface area contributed by atoms with Gasteiger partial charge in [0.25, 0.3) is 0 Å². The Morgan fingerprint density at radius 3 is 2.08 bits per heavy atom. The van der Waals surface area contributed by atoms with E-state index in [0.29, 0.717) is 0 Å². The first kappa shape index (κ1) is 11.0. The molecule has 0 bridgehead atoms. The molecule has 1 aromatic rings. The molecule has 0 fully saturated rings. The van der Waals surface area contributed by atoms with Crippen LogP contribution in [0.15, 0.2) is 18.8 Å². The molecule has 0 atom stereocenters. The third-order valence-corrected chi connectivity index (χ3v) is 1.68. The Balaban J connectivity index is 0.000000561. The Morgan fingerprint density at radius 1 is 1.42 bits per heavy atom. The van der Waals surface area contributed by atoms with E-state index in [1.54, 1.807) is 0 Å². The molecule has 1 nitrogen and oxygen atoms in total. The summed E-state index contributed by atoms with van der Waals surface area (Å²) in [7, 11) is 2.04. The van der Waals surface area contributed by atoms with Crippen molar-refractivity contribution in [3.05, 3.63) is 30.1 Å². The Kier molecular flexibility index (Phi) is 4.42. The highest BCUT2D eigenvalue weighted by molar-refractivity contribution is 5.61. The lowest BCUT2D eigenvalue weighted by Gasteiger charge is -2.02. The van der Waals surface area contributed by atoms with Crippen LogP contribution >= 0.6 is 0 Å². The van der Waals surface area contributed by atoms with Gasteiger partial charge < -0.3 is 4.57 Å². The van der Waals surface area contributed by atoms with Crippen molar-refractivity contribution in [1.82, 2.24) is 4.57 Å². The van der Waals surface area contributed by atoms with Crippen LogP contribution in [0.1, 0.15) is 32.0 Å². The van der Waals surface area contributed by atoms with Crippen molar-refractivity contribution in [2.75, 3.05) is 0 Å². The topological polar surface area (TPSA) is 4.93 Å². The van der Waals surface area contributed by atoms with Gasteiger partial charge >= 0.3 is 0 Å². The molecule has 0 radical (unpaired) electrons. The zero-order chi connectivity index (χ0) is 9.72. The molecule has 0 aliphatic carbocycles. The molecule has 1 rings (SSSR count). The fourth-order valence-electron chi connectivity index (χ4n) is 1.29. The van der Waals surface area contributed by atoms with E-state index in [9.17, 15) is 0 Å². The van der Waals surface area contributed by atoms with Crippen LogP contribution in [0.2, 0.25) is 0 Å². The van der Waals surface area contributed by atoms with E-state index >= 15 is 0 Å². The monoisotopic (exact) mass is 165 g/mol. The zero-order valence-electron chi connectivity index (χ0n) is 8.81. The Morgan fingerprint density at radius 2 is 1.92 bits per heavy atom. The highest BCUT2D eigenvalue weighted by atomic mass is 14.9. The number of allylic oxidation sites excluding steroid dienone is 1. The van der Waals surface area contributed by atoms with Crippen molar-refractivity contribution in [2.24, 2.45) is 7.05 Å². The molecular weight excluding hydrogens is 146 g/mol. The summed E-state index contributed by atoms with van der Waals surface area (Å²) in [6.45, 7) is 12.0. The summed E-state index contributed by atoms with van der Waals surface area (Å²) in [6.07, 6.45) is 2.05. The average molecular weight is 165 g/mol. The molecule has 0 aliphatic rings. The van der Waals surface area contributed by atoms with Crippen LogP contribution in [0.4, 0.5) is 0 Å². The Labute approximate surface area is 75.7 Å². The van der Waals surface area contributed by atoms with E-state index in [4.69, 9.17) is 0 Å². The molecule has 0 N–H and O–H groups in total. The molecule has 0 unspecified atom stereocenters. The van der Waals surface area contributed by atoms with Crippen molar-refractivity contribution in [3.8, 4) is 0 Å². The minimum Gasteiger partial charge on any atom is -0.351 e. The van der Waals surface area contributed by atoms with E-state index in [2.05, 4.69) is 30.3 Å². The van der Waals surface area contributed by atoms with E-state index in [-0.39, 0.29) is 0 Å². The van der Waals surface area contributed by atoms with Crippen molar-refractivity contribution >= 4 is 5.57 Å². The Hall–Kier alpha value is -0.980. The number of nitrogens with zero attached hydrogens (tertiary/aromatic N) is 1. The Bertz CT molecular complexity index is 236. The maximum Gasteiger partial charge on any atom is 0.0457 e. The van der Waals surface area contributed by atoms with Gasteiger partial charge in [0.2, 0.25) is 0 Å². The SMILES string of the molecule is C=C(C)c1c(C)ccn1C.CC. The van der Waals surface area contributed by atoms with Gasteiger partial charge in [0.15, 0.2) is 0 Å². The number of rotatable bonds is 1. The lowest BCUT2D eigenvalue weighted by atomic mass is 10.2. The fraction of sp³-hybridized carbons (Fsp3) is 0.455. The fourth-order valence-corrected chi connectivity index (χ4v) is 1.29. The molecular formula is C11H19N. The predicted octanol–water partition coefficient (Wildman–Crippen LogP) is 3.39. The van der Waals surface area contributed by atoms with Crippen LogP contribution in [-0.2, 0) is 7.05 Å². The van der Waals surface area contributed by atoms with Crippen LogP contribution in [0.5, 0.6) is 0 Å². The van der Waals surface area contributed by atoms with Crippen LogP contribution in [0.25, 0.3) is 5.57 Å². The second-order valence-electron chi connectivity index (χ2n) is 2.74. The van der Waals surface area contributed by atoms with Crippen molar-refractivity contribution in [3.63, 3.8) is 0 Å². The predicted molar refractivity (Wildman–Crippen MR) is 56.2 cm³/mol. The lowest BCUT2D eigenvalue weighted by Crippen LogP contribution is -1.92. The summed E-state index contributed by atoms with van der Waals surface area (Å²) >= 11 is 0. The molecule has 68 valence electrons. The first-order valence-electron chi connectivity index (χ1n) is 4.40. The standard InChI is InChI=1S/C9H13N.C2H6/c1-7(2)9-8(3)5-6-10(9)4;1-2/h5-6H,1H2,2-4H3;1-2H3. The van der Waals surface area contributed by atoms with Crippen molar-refractivity contribution < 1.29 is 0 Å². The van der Waals surface area contributed by atoms with Gasteiger partial charge in [-0.05, 0) is 31.1 Å². The van der Waals surface area contributed by atoms with Gasteiger partial charge in [-0.1, -0.05) is 20.4 Å². The van der Waals surface area contributed by atoms with E-state index in [1.165, 1.54) is 11.3 Å². The summed E-state index contributed by atoms with van der Waals surface area (Å²) < 4.78 is 2.09. The van der Waals surface area contributed by atoms with Crippen molar-refractivity contribution in [1.29, 1.82) is 0 Å². The maximum absolute atomic E-state index is 3.90. The quantitative estimate of drug-likeness (QED) is 0.601. The van der Waals surface area contributed by atoms with Gasteiger partial charge in [-0.25, -0.2) is 0 Å². The molecule has 1 heteroatoms. The summed E-state index contributed by atoms with van der Waals surface area (Å²) in [6, 6.07) is 2.10.